The molecule has 0 bridgehead atoms. The van der Waals surface area contributed by atoms with Gasteiger partial charge < -0.3 is 14.7 Å². The zero-order valence-corrected chi connectivity index (χ0v) is 12.8. The van der Waals surface area contributed by atoms with Crippen molar-refractivity contribution in [2.24, 2.45) is 5.92 Å². The molecule has 0 spiro atoms. The Labute approximate surface area is 121 Å². The van der Waals surface area contributed by atoms with Crippen LogP contribution in [0, 0.1) is 5.92 Å². The topological polar surface area (TPSA) is 53.0 Å². The predicted octanol–water partition coefficient (Wildman–Crippen LogP) is 1.28. The summed E-state index contributed by atoms with van der Waals surface area (Å²) in [6, 6.07) is 0. The van der Waals surface area contributed by atoms with E-state index in [1.54, 1.807) is 0 Å². The molecule has 0 unspecified atom stereocenters. The number of hydrogen-bond acceptors (Lipinski definition) is 4. The fourth-order valence-electron chi connectivity index (χ4n) is 3.44. The second-order valence-electron chi connectivity index (χ2n) is 6.40. The molecule has 0 aliphatic carbocycles. The van der Waals surface area contributed by atoms with Gasteiger partial charge in [0.1, 0.15) is 0 Å². The van der Waals surface area contributed by atoms with E-state index < -0.39 is 5.97 Å². The second kappa shape index (κ2) is 7.38. The van der Waals surface area contributed by atoms with Crippen LogP contribution in [0.3, 0.4) is 0 Å². The molecule has 0 amide bonds. The predicted molar refractivity (Wildman–Crippen MR) is 77.9 cm³/mol. The first-order valence-corrected chi connectivity index (χ1v) is 7.85. The minimum atomic E-state index is -0.691. The van der Waals surface area contributed by atoms with Crippen LogP contribution in [0.4, 0.5) is 0 Å². The standard InChI is InChI=1S/C15H28N2O3/c1-12-9-17(10-13(2)20-12)11-14-3-6-16(7-4-14)8-5-15(18)19/h12-14H,3-11H2,1-2H3,(H,18,19)/t12-,13-/m0/s1. The first kappa shape index (κ1) is 15.7. The van der Waals surface area contributed by atoms with Gasteiger partial charge in [0.15, 0.2) is 0 Å². The summed E-state index contributed by atoms with van der Waals surface area (Å²) >= 11 is 0. The number of hydrogen-bond donors (Lipinski definition) is 1. The molecule has 2 heterocycles. The Bertz CT molecular complexity index is 306. The molecule has 2 aliphatic rings. The van der Waals surface area contributed by atoms with Gasteiger partial charge in [0.2, 0.25) is 0 Å². The van der Waals surface area contributed by atoms with E-state index in [-0.39, 0.29) is 6.42 Å². The van der Waals surface area contributed by atoms with Crippen molar-refractivity contribution >= 4 is 5.97 Å². The third-order valence-electron chi connectivity index (χ3n) is 4.36. The Kier molecular flexibility index (Phi) is 5.81. The van der Waals surface area contributed by atoms with Gasteiger partial charge in [-0.05, 0) is 45.7 Å². The maximum atomic E-state index is 10.6. The summed E-state index contributed by atoms with van der Waals surface area (Å²) in [5.41, 5.74) is 0. The summed E-state index contributed by atoms with van der Waals surface area (Å²) in [4.78, 5) is 15.4. The van der Waals surface area contributed by atoms with Gasteiger partial charge in [-0.3, -0.25) is 9.69 Å². The molecule has 2 atom stereocenters. The van der Waals surface area contributed by atoms with E-state index in [0.29, 0.717) is 18.8 Å². The van der Waals surface area contributed by atoms with Gasteiger partial charge in [0.05, 0.1) is 18.6 Å². The van der Waals surface area contributed by atoms with Crippen LogP contribution in [0.2, 0.25) is 0 Å². The van der Waals surface area contributed by atoms with Gasteiger partial charge in [0, 0.05) is 26.2 Å². The summed E-state index contributed by atoms with van der Waals surface area (Å²) in [6.07, 6.45) is 3.34. The summed E-state index contributed by atoms with van der Waals surface area (Å²) in [7, 11) is 0. The highest BCUT2D eigenvalue weighted by Gasteiger charge is 2.26. The summed E-state index contributed by atoms with van der Waals surface area (Å²) in [6.45, 7) is 10.4. The van der Waals surface area contributed by atoms with Crippen molar-refractivity contribution in [3.05, 3.63) is 0 Å². The number of piperidine rings is 1. The van der Waals surface area contributed by atoms with Crippen LogP contribution in [0.1, 0.15) is 33.1 Å². The average Bonchev–Trinajstić information content (AvgIpc) is 2.36. The van der Waals surface area contributed by atoms with Gasteiger partial charge in [-0.2, -0.15) is 0 Å². The third-order valence-corrected chi connectivity index (χ3v) is 4.36. The molecule has 0 aromatic heterocycles. The number of ether oxygens (including phenoxy) is 1. The number of aliphatic carboxylic acids is 1. The van der Waals surface area contributed by atoms with Crippen molar-refractivity contribution in [3.8, 4) is 0 Å². The van der Waals surface area contributed by atoms with E-state index in [1.165, 1.54) is 19.4 Å². The lowest BCUT2D eigenvalue weighted by atomic mass is 9.95. The maximum Gasteiger partial charge on any atom is 0.304 e. The summed E-state index contributed by atoms with van der Waals surface area (Å²) in [5, 5.41) is 8.72. The normalized spacial score (nSPS) is 30.5. The van der Waals surface area contributed by atoms with E-state index in [1.807, 2.05) is 0 Å². The van der Waals surface area contributed by atoms with Crippen LogP contribution < -0.4 is 0 Å². The minimum absolute atomic E-state index is 0.267. The number of nitrogens with zero attached hydrogens (tertiary/aromatic N) is 2. The van der Waals surface area contributed by atoms with Gasteiger partial charge in [-0.15, -0.1) is 0 Å². The first-order valence-electron chi connectivity index (χ1n) is 7.85. The molecular weight excluding hydrogens is 256 g/mol. The van der Waals surface area contributed by atoms with Gasteiger partial charge in [0.25, 0.3) is 0 Å². The number of likely N-dealkylation sites (tertiary alicyclic amines) is 1. The maximum absolute atomic E-state index is 10.6. The largest absolute Gasteiger partial charge is 0.481 e. The average molecular weight is 284 g/mol. The summed E-state index contributed by atoms with van der Waals surface area (Å²) < 4.78 is 5.77. The van der Waals surface area contributed by atoms with Crippen molar-refractivity contribution in [1.82, 2.24) is 9.80 Å². The highest BCUT2D eigenvalue weighted by atomic mass is 16.5. The van der Waals surface area contributed by atoms with Crippen molar-refractivity contribution in [2.45, 2.75) is 45.3 Å². The number of carboxylic acid groups (broad SMARTS) is 1. The van der Waals surface area contributed by atoms with E-state index in [0.717, 1.165) is 32.1 Å². The molecular formula is C15H28N2O3. The second-order valence-corrected chi connectivity index (χ2v) is 6.40. The zero-order chi connectivity index (χ0) is 14.5. The SMILES string of the molecule is C[C@H]1CN(CC2CCN(CCC(=O)O)CC2)C[C@H](C)O1. The van der Waals surface area contributed by atoms with Crippen molar-refractivity contribution in [3.63, 3.8) is 0 Å². The van der Waals surface area contributed by atoms with E-state index >= 15 is 0 Å². The van der Waals surface area contributed by atoms with E-state index in [9.17, 15) is 4.79 Å². The molecule has 0 aromatic carbocycles. The molecule has 1 N–H and O–H groups in total. The lowest BCUT2D eigenvalue weighted by Gasteiger charge is -2.39. The lowest BCUT2D eigenvalue weighted by Crippen LogP contribution is -2.48. The Balaban J connectivity index is 1.67. The number of rotatable bonds is 5. The lowest BCUT2D eigenvalue weighted by molar-refractivity contribution is -0.137. The highest BCUT2D eigenvalue weighted by molar-refractivity contribution is 5.66. The molecule has 0 radical (unpaired) electrons. The van der Waals surface area contributed by atoms with Crippen LogP contribution in [-0.4, -0.2) is 72.4 Å². The molecule has 116 valence electrons. The fraction of sp³-hybridized carbons (Fsp3) is 0.933. The molecule has 20 heavy (non-hydrogen) atoms. The zero-order valence-electron chi connectivity index (χ0n) is 12.8. The van der Waals surface area contributed by atoms with Gasteiger partial charge in [-0.1, -0.05) is 0 Å². The van der Waals surface area contributed by atoms with Gasteiger partial charge >= 0.3 is 5.97 Å². The van der Waals surface area contributed by atoms with Crippen molar-refractivity contribution in [1.29, 1.82) is 0 Å². The number of carboxylic acids is 1. The molecule has 5 heteroatoms. The summed E-state index contributed by atoms with van der Waals surface area (Å²) in [5.74, 6) is 0.0667. The number of carbonyl (C=O) groups is 1. The van der Waals surface area contributed by atoms with Crippen LogP contribution in [0.5, 0.6) is 0 Å². The van der Waals surface area contributed by atoms with Crippen LogP contribution in [0.15, 0.2) is 0 Å². The molecule has 2 fully saturated rings. The van der Waals surface area contributed by atoms with Crippen LogP contribution in [-0.2, 0) is 9.53 Å². The fourth-order valence-corrected chi connectivity index (χ4v) is 3.44. The Morgan fingerprint density at radius 1 is 1.15 bits per heavy atom. The Morgan fingerprint density at radius 3 is 2.30 bits per heavy atom. The molecule has 0 aromatic rings. The minimum Gasteiger partial charge on any atom is -0.481 e. The van der Waals surface area contributed by atoms with E-state index in [4.69, 9.17) is 9.84 Å². The van der Waals surface area contributed by atoms with Crippen LogP contribution in [0.25, 0.3) is 0 Å². The molecule has 2 rings (SSSR count). The number of morpholine rings is 1. The van der Waals surface area contributed by atoms with Crippen molar-refractivity contribution in [2.75, 3.05) is 39.3 Å². The molecule has 0 saturated carbocycles. The van der Waals surface area contributed by atoms with Gasteiger partial charge in [-0.25, -0.2) is 0 Å². The quantitative estimate of drug-likeness (QED) is 0.824. The monoisotopic (exact) mass is 284 g/mol. The van der Waals surface area contributed by atoms with Crippen LogP contribution >= 0.6 is 0 Å². The Morgan fingerprint density at radius 2 is 1.75 bits per heavy atom. The molecule has 2 saturated heterocycles. The first-order chi connectivity index (χ1) is 9.52. The Hall–Kier alpha value is -0.650. The van der Waals surface area contributed by atoms with E-state index in [2.05, 4.69) is 23.6 Å². The smallest absolute Gasteiger partial charge is 0.304 e. The molecule has 5 nitrogen and oxygen atoms in total. The highest BCUT2D eigenvalue weighted by Crippen LogP contribution is 2.20. The van der Waals surface area contributed by atoms with Crippen molar-refractivity contribution < 1.29 is 14.6 Å². The third kappa shape index (κ3) is 5.04. The molecule has 2 aliphatic heterocycles.